The smallest absolute Gasteiger partial charge is 0.354 e. The van der Waals surface area contributed by atoms with E-state index in [0.29, 0.717) is 5.56 Å². The van der Waals surface area contributed by atoms with Crippen molar-refractivity contribution >= 4 is 45.7 Å². The molecule has 2 aliphatic heterocycles. The Morgan fingerprint density at radius 1 is 1.30 bits per heavy atom. The first-order chi connectivity index (χ1) is 15.8. The number of hydrogen-bond acceptors (Lipinski definition) is 10. The lowest BCUT2D eigenvalue weighted by Crippen LogP contribution is -2.46. The fourth-order valence-corrected chi connectivity index (χ4v) is 4.17. The first-order valence-corrected chi connectivity index (χ1v) is 10.5. The summed E-state index contributed by atoms with van der Waals surface area (Å²) in [6.45, 7) is -0.124. The summed E-state index contributed by atoms with van der Waals surface area (Å²) >= 11 is 1.10. The molecule has 0 spiro atoms. The number of benzene rings is 1. The van der Waals surface area contributed by atoms with Gasteiger partial charge in [-0.2, -0.15) is 0 Å². The number of aliphatic carboxylic acids is 1. The molecule has 4 N–H and O–H groups in total. The van der Waals surface area contributed by atoms with Gasteiger partial charge in [0.25, 0.3) is 11.8 Å². The molecule has 0 saturated carbocycles. The Morgan fingerprint density at radius 3 is 2.64 bits per heavy atom. The van der Waals surface area contributed by atoms with Gasteiger partial charge in [-0.25, -0.2) is 19.8 Å². The van der Waals surface area contributed by atoms with Crippen molar-refractivity contribution in [1.29, 1.82) is 0 Å². The normalized spacial score (nSPS) is 18.5. The van der Waals surface area contributed by atoms with Crippen LogP contribution in [0.2, 0.25) is 0 Å². The summed E-state index contributed by atoms with van der Waals surface area (Å²) in [6, 6.07) is 7.13. The standard InChI is InChI=1S/C20H18N6O6S/c1-32-24-14(13-9-33-20(21)23-13)17(28)22-12-8-25-7-11(15(19(30)31)26(25)18(12)29)16(27)10-5-3-2-4-6-10/h2-6,9,12H,7-8H2,1H3,(H2,21,23)(H,22,28)(H,30,31)/b24-14-/t12-/m0/s1. The number of nitrogens with two attached hydrogens (primary N) is 1. The van der Waals surface area contributed by atoms with Crippen LogP contribution in [0.4, 0.5) is 5.13 Å². The number of aromatic nitrogens is 1. The lowest BCUT2D eigenvalue weighted by molar-refractivity contribution is -0.143. The molecule has 1 fully saturated rings. The molecule has 1 aromatic heterocycles. The second-order valence-corrected chi connectivity index (χ2v) is 7.93. The van der Waals surface area contributed by atoms with E-state index in [1.165, 1.54) is 17.5 Å². The minimum Gasteiger partial charge on any atom is -0.477 e. The van der Waals surface area contributed by atoms with E-state index in [4.69, 9.17) is 10.6 Å². The van der Waals surface area contributed by atoms with Crippen LogP contribution < -0.4 is 11.1 Å². The highest BCUT2D eigenvalue weighted by atomic mass is 32.1. The predicted molar refractivity (Wildman–Crippen MR) is 116 cm³/mol. The molecule has 0 bridgehead atoms. The minimum atomic E-state index is -1.42. The lowest BCUT2D eigenvalue weighted by Gasteiger charge is -2.19. The molecular formula is C20H18N6O6S. The Bertz CT molecular complexity index is 1210. The van der Waals surface area contributed by atoms with Crippen molar-refractivity contribution in [2.45, 2.75) is 6.04 Å². The number of Topliss-reactive ketones (excluding diaryl/α,β-unsaturated/α-hetero) is 1. The Balaban J connectivity index is 1.57. The Hall–Kier alpha value is -4.10. The number of thiazole rings is 1. The van der Waals surface area contributed by atoms with Crippen LogP contribution in [0.25, 0.3) is 0 Å². The topological polar surface area (TPSA) is 168 Å². The molecule has 2 aliphatic rings. The van der Waals surface area contributed by atoms with Crippen molar-refractivity contribution in [3.63, 3.8) is 0 Å². The average molecular weight is 470 g/mol. The first kappa shape index (κ1) is 22.1. The number of carbonyl (C=O) groups excluding carboxylic acids is 3. The van der Waals surface area contributed by atoms with Gasteiger partial charge in [0.1, 0.15) is 18.8 Å². The van der Waals surface area contributed by atoms with E-state index >= 15 is 0 Å². The minimum absolute atomic E-state index is 0.00795. The zero-order valence-corrected chi connectivity index (χ0v) is 18.0. The fourth-order valence-electron chi connectivity index (χ4n) is 3.62. The second-order valence-electron chi connectivity index (χ2n) is 7.04. The zero-order chi connectivity index (χ0) is 23.7. The number of carboxylic acid groups (broad SMARTS) is 1. The van der Waals surface area contributed by atoms with Gasteiger partial charge in [0.2, 0.25) is 0 Å². The molecule has 1 atom stereocenters. The molecule has 1 saturated heterocycles. The van der Waals surface area contributed by atoms with Crippen LogP contribution in [0.1, 0.15) is 16.1 Å². The molecule has 0 radical (unpaired) electrons. The van der Waals surface area contributed by atoms with E-state index in [-0.39, 0.29) is 35.2 Å². The van der Waals surface area contributed by atoms with E-state index < -0.39 is 35.3 Å². The van der Waals surface area contributed by atoms with Crippen LogP contribution in [0.15, 0.2) is 52.1 Å². The van der Waals surface area contributed by atoms with Crippen LogP contribution in [0.5, 0.6) is 0 Å². The molecule has 1 aromatic carbocycles. The van der Waals surface area contributed by atoms with Crippen molar-refractivity contribution in [2.24, 2.45) is 5.16 Å². The summed E-state index contributed by atoms with van der Waals surface area (Å²) in [5.74, 6) is -3.33. The number of fused-ring (bicyclic) bond motifs is 1. The molecule has 2 amide bonds. The van der Waals surface area contributed by atoms with Crippen molar-refractivity contribution in [2.75, 3.05) is 25.9 Å². The summed E-state index contributed by atoms with van der Waals surface area (Å²) in [7, 11) is 1.25. The Kier molecular flexibility index (Phi) is 5.89. The molecule has 13 heteroatoms. The highest BCUT2D eigenvalue weighted by Gasteiger charge is 2.49. The number of nitrogens with zero attached hydrogens (tertiary/aromatic N) is 4. The largest absolute Gasteiger partial charge is 0.477 e. The van der Waals surface area contributed by atoms with Crippen molar-refractivity contribution in [3.8, 4) is 0 Å². The molecule has 2 aromatic rings. The number of nitrogen functional groups attached to an aromatic ring is 1. The van der Waals surface area contributed by atoms with E-state index in [1.54, 1.807) is 30.3 Å². The van der Waals surface area contributed by atoms with Gasteiger partial charge in [0.15, 0.2) is 22.3 Å². The quantitative estimate of drug-likeness (QED) is 0.283. The maximum atomic E-state index is 13.0. The Labute approximate surface area is 190 Å². The first-order valence-electron chi connectivity index (χ1n) is 9.60. The molecule has 170 valence electrons. The molecular weight excluding hydrogens is 452 g/mol. The van der Waals surface area contributed by atoms with Crippen molar-refractivity contribution in [3.05, 3.63) is 58.2 Å². The van der Waals surface area contributed by atoms with Gasteiger partial charge in [-0.3, -0.25) is 14.4 Å². The number of anilines is 1. The third-order valence-corrected chi connectivity index (χ3v) is 5.68. The number of hydrazine groups is 1. The number of nitrogens with one attached hydrogen (secondary N) is 1. The third-order valence-electron chi connectivity index (χ3n) is 5.00. The summed E-state index contributed by atoms with van der Waals surface area (Å²) in [5.41, 5.74) is 5.47. The van der Waals surface area contributed by atoms with E-state index in [9.17, 15) is 24.3 Å². The summed E-state index contributed by atoms with van der Waals surface area (Å²) in [6.07, 6.45) is 0. The summed E-state index contributed by atoms with van der Waals surface area (Å²) in [5, 5.41) is 20.0. The molecule has 12 nitrogen and oxygen atoms in total. The van der Waals surface area contributed by atoms with Gasteiger partial charge >= 0.3 is 5.97 Å². The number of carbonyl (C=O) groups is 4. The van der Waals surface area contributed by atoms with Gasteiger partial charge in [-0.05, 0) is 0 Å². The van der Waals surface area contributed by atoms with Crippen LogP contribution >= 0.6 is 11.3 Å². The summed E-state index contributed by atoms with van der Waals surface area (Å²) < 4.78 is 0. The van der Waals surface area contributed by atoms with Crippen molar-refractivity contribution < 1.29 is 29.1 Å². The van der Waals surface area contributed by atoms with Crippen LogP contribution in [0.3, 0.4) is 0 Å². The third kappa shape index (κ3) is 4.06. The number of rotatable bonds is 7. The average Bonchev–Trinajstić information content (AvgIpc) is 3.47. The zero-order valence-electron chi connectivity index (χ0n) is 17.2. The van der Waals surface area contributed by atoms with Gasteiger partial charge < -0.3 is 21.0 Å². The predicted octanol–water partition coefficient (Wildman–Crippen LogP) is -0.145. The number of amides is 2. The number of ketones is 1. The fraction of sp³-hybridized carbons (Fsp3) is 0.200. The maximum absolute atomic E-state index is 13.0. The highest BCUT2D eigenvalue weighted by molar-refractivity contribution is 7.13. The lowest BCUT2D eigenvalue weighted by atomic mass is 10.0. The number of hydrogen-bond donors (Lipinski definition) is 3. The van der Waals surface area contributed by atoms with Crippen LogP contribution in [0, 0.1) is 0 Å². The number of oxime groups is 1. The summed E-state index contributed by atoms with van der Waals surface area (Å²) in [4.78, 5) is 59.3. The Morgan fingerprint density at radius 2 is 2.03 bits per heavy atom. The SMILES string of the molecule is CO/N=C(\C(=O)N[C@H]1CN2CC(C(=O)c3ccccc3)=C(C(=O)O)N2C1=O)c1csc(N)n1. The van der Waals surface area contributed by atoms with E-state index in [2.05, 4.69) is 15.5 Å². The highest BCUT2D eigenvalue weighted by Crippen LogP contribution is 2.31. The molecule has 3 heterocycles. The molecule has 0 unspecified atom stereocenters. The maximum Gasteiger partial charge on any atom is 0.354 e. The molecule has 0 aliphatic carbocycles. The van der Waals surface area contributed by atoms with Gasteiger partial charge in [-0.1, -0.05) is 35.5 Å². The monoisotopic (exact) mass is 470 g/mol. The van der Waals surface area contributed by atoms with Gasteiger partial charge in [0, 0.05) is 23.1 Å². The number of carboxylic acids is 1. The van der Waals surface area contributed by atoms with Crippen molar-refractivity contribution in [1.82, 2.24) is 20.3 Å². The second kappa shape index (κ2) is 8.80. The van der Waals surface area contributed by atoms with Crippen LogP contribution in [-0.2, 0) is 19.2 Å². The van der Waals surface area contributed by atoms with E-state index in [0.717, 1.165) is 16.3 Å². The van der Waals surface area contributed by atoms with Gasteiger partial charge in [0.05, 0.1) is 6.54 Å². The molecule has 4 rings (SSSR count). The molecule has 33 heavy (non-hydrogen) atoms. The van der Waals surface area contributed by atoms with Gasteiger partial charge in [-0.15, -0.1) is 11.3 Å². The van der Waals surface area contributed by atoms with E-state index in [1.807, 2.05) is 0 Å². The van der Waals surface area contributed by atoms with Crippen LogP contribution in [-0.4, -0.2) is 75.6 Å².